The predicted molar refractivity (Wildman–Crippen MR) is 82.9 cm³/mol. The number of halogens is 1. The zero-order valence-electron chi connectivity index (χ0n) is 12.9. The van der Waals surface area contributed by atoms with Gasteiger partial charge >= 0.3 is 0 Å². The Bertz CT molecular complexity index is 643. The molecular formula is C16H20FN5. The third kappa shape index (κ3) is 3.22. The van der Waals surface area contributed by atoms with Crippen LogP contribution in [0.1, 0.15) is 36.1 Å². The van der Waals surface area contributed by atoms with E-state index in [0.717, 1.165) is 42.4 Å². The van der Waals surface area contributed by atoms with Gasteiger partial charge in [-0.15, -0.1) is 0 Å². The summed E-state index contributed by atoms with van der Waals surface area (Å²) in [5.74, 6) is 1.31. The number of hydrogen-bond acceptors (Lipinski definition) is 5. The number of hydrogen-bond donors (Lipinski definition) is 1. The van der Waals surface area contributed by atoms with E-state index in [0.29, 0.717) is 6.54 Å². The molecule has 22 heavy (non-hydrogen) atoms. The summed E-state index contributed by atoms with van der Waals surface area (Å²) in [6.07, 6.45) is 3.47. The molecule has 0 bridgehead atoms. The number of rotatable bonds is 4. The van der Waals surface area contributed by atoms with Gasteiger partial charge in [-0.1, -0.05) is 0 Å². The van der Waals surface area contributed by atoms with E-state index in [4.69, 9.17) is 0 Å². The van der Waals surface area contributed by atoms with Crippen LogP contribution in [0.5, 0.6) is 0 Å². The molecule has 3 heterocycles. The summed E-state index contributed by atoms with van der Waals surface area (Å²) in [4.78, 5) is 15.5. The number of aryl methyl sites for hydroxylation is 1. The lowest BCUT2D eigenvalue weighted by Gasteiger charge is -2.24. The van der Waals surface area contributed by atoms with Crippen LogP contribution in [0.2, 0.25) is 0 Å². The molecule has 0 saturated carbocycles. The Morgan fingerprint density at radius 2 is 2.23 bits per heavy atom. The highest BCUT2D eigenvalue weighted by molar-refractivity contribution is 5.36. The number of nitrogens with zero attached hydrogens (tertiary/aromatic N) is 4. The number of likely N-dealkylation sites (tertiary alicyclic amines) is 1. The van der Waals surface area contributed by atoms with E-state index < -0.39 is 0 Å². The fraction of sp³-hybridized carbons (Fsp3) is 0.438. The Morgan fingerprint density at radius 3 is 2.95 bits per heavy atom. The topological polar surface area (TPSA) is 53.9 Å². The van der Waals surface area contributed by atoms with Crippen LogP contribution in [0.15, 0.2) is 24.4 Å². The molecule has 6 heteroatoms. The number of nitrogens with one attached hydrogen (secondary N) is 1. The summed E-state index contributed by atoms with van der Waals surface area (Å²) in [5, 5.41) is 3.08. The summed E-state index contributed by atoms with van der Waals surface area (Å²) < 4.78 is 13.0. The maximum Gasteiger partial charge on any atom is 0.141 e. The average Bonchev–Trinajstić information content (AvgIpc) is 2.97. The summed E-state index contributed by atoms with van der Waals surface area (Å²) in [7, 11) is 1.86. The second-order valence-corrected chi connectivity index (χ2v) is 5.57. The van der Waals surface area contributed by atoms with Crippen molar-refractivity contribution in [2.75, 3.05) is 18.9 Å². The molecule has 1 atom stereocenters. The van der Waals surface area contributed by atoms with Gasteiger partial charge in [-0.25, -0.2) is 14.4 Å². The summed E-state index contributed by atoms with van der Waals surface area (Å²) in [6, 6.07) is 5.48. The highest BCUT2D eigenvalue weighted by Crippen LogP contribution is 2.32. The van der Waals surface area contributed by atoms with E-state index in [1.54, 1.807) is 6.07 Å². The van der Waals surface area contributed by atoms with Crippen molar-refractivity contribution < 1.29 is 4.39 Å². The summed E-state index contributed by atoms with van der Waals surface area (Å²) >= 11 is 0. The van der Waals surface area contributed by atoms with Crippen molar-refractivity contribution in [3.05, 3.63) is 47.4 Å². The predicted octanol–water partition coefficient (Wildman–Crippen LogP) is 2.70. The van der Waals surface area contributed by atoms with Crippen molar-refractivity contribution >= 4 is 5.82 Å². The van der Waals surface area contributed by atoms with Gasteiger partial charge in [-0.05, 0) is 38.4 Å². The zero-order chi connectivity index (χ0) is 15.5. The van der Waals surface area contributed by atoms with Gasteiger partial charge in [0.1, 0.15) is 17.5 Å². The average molecular weight is 301 g/mol. The first kappa shape index (κ1) is 14.8. The van der Waals surface area contributed by atoms with Crippen molar-refractivity contribution in [1.29, 1.82) is 0 Å². The molecule has 1 aliphatic heterocycles. The second kappa shape index (κ2) is 6.36. The van der Waals surface area contributed by atoms with Gasteiger partial charge in [0, 0.05) is 19.7 Å². The van der Waals surface area contributed by atoms with Crippen molar-refractivity contribution in [3.63, 3.8) is 0 Å². The molecular weight excluding hydrogens is 281 g/mol. The van der Waals surface area contributed by atoms with Crippen molar-refractivity contribution in [1.82, 2.24) is 19.9 Å². The fourth-order valence-corrected chi connectivity index (χ4v) is 2.95. The standard InChI is InChI=1S/C16H20FN5/c1-11-20-14(8-16(18-2)21-11)15-4-3-7-22(15)10-13-6-5-12(17)9-19-13/h5-6,8-9,15H,3-4,7,10H2,1-2H3,(H,18,20,21)/t15-/m0/s1. The number of aromatic nitrogens is 3. The lowest BCUT2D eigenvalue weighted by molar-refractivity contribution is 0.241. The molecule has 1 aliphatic rings. The molecule has 1 saturated heterocycles. The molecule has 3 rings (SSSR count). The molecule has 0 amide bonds. The number of pyridine rings is 1. The minimum atomic E-state index is -0.299. The van der Waals surface area contributed by atoms with E-state index in [1.807, 2.05) is 20.0 Å². The molecule has 2 aromatic heterocycles. The van der Waals surface area contributed by atoms with Crippen LogP contribution >= 0.6 is 0 Å². The van der Waals surface area contributed by atoms with E-state index in [-0.39, 0.29) is 11.9 Å². The Labute approximate surface area is 129 Å². The molecule has 0 aromatic carbocycles. The largest absolute Gasteiger partial charge is 0.373 e. The first-order chi connectivity index (χ1) is 10.7. The van der Waals surface area contributed by atoms with Gasteiger partial charge in [0.05, 0.1) is 23.6 Å². The first-order valence-corrected chi connectivity index (χ1v) is 7.53. The van der Waals surface area contributed by atoms with E-state index in [2.05, 4.69) is 25.2 Å². The molecule has 0 aliphatic carbocycles. The monoisotopic (exact) mass is 301 g/mol. The van der Waals surface area contributed by atoms with Crippen LogP contribution in [0.3, 0.4) is 0 Å². The SMILES string of the molecule is CNc1cc([C@@H]2CCCN2Cc2ccc(F)cn2)nc(C)n1. The van der Waals surface area contributed by atoms with Crippen molar-refractivity contribution in [3.8, 4) is 0 Å². The second-order valence-electron chi connectivity index (χ2n) is 5.57. The Morgan fingerprint density at radius 1 is 1.36 bits per heavy atom. The smallest absolute Gasteiger partial charge is 0.141 e. The van der Waals surface area contributed by atoms with Crippen LogP contribution in [-0.2, 0) is 6.54 Å². The Kier molecular flexibility index (Phi) is 4.29. The lowest BCUT2D eigenvalue weighted by Crippen LogP contribution is -2.24. The van der Waals surface area contributed by atoms with E-state index in [9.17, 15) is 4.39 Å². The minimum absolute atomic E-state index is 0.264. The van der Waals surface area contributed by atoms with Gasteiger partial charge in [0.15, 0.2) is 0 Å². The molecule has 2 aromatic rings. The Hall–Kier alpha value is -2.08. The summed E-state index contributed by atoms with van der Waals surface area (Å²) in [5.41, 5.74) is 1.92. The first-order valence-electron chi connectivity index (χ1n) is 7.53. The molecule has 1 N–H and O–H groups in total. The van der Waals surface area contributed by atoms with Crippen LogP contribution in [0, 0.1) is 12.7 Å². The highest BCUT2D eigenvalue weighted by Gasteiger charge is 2.28. The normalized spacial score (nSPS) is 18.6. The molecule has 5 nitrogen and oxygen atoms in total. The van der Waals surface area contributed by atoms with Crippen LogP contribution in [0.4, 0.5) is 10.2 Å². The Balaban J connectivity index is 1.80. The van der Waals surface area contributed by atoms with Crippen molar-refractivity contribution in [2.24, 2.45) is 0 Å². The van der Waals surface area contributed by atoms with Crippen molar-refractivity contribution in [2.45, 2.75) is 32.4 Å². The molecule has 1 fully saturated rings. The highest BCUT2D eigenvalue weighted by atomic mass is 19.1. The third-order valence-electron chi connectivity index (χ3n) is 3.97. The van der Waals surface area contributed by atoms with Gasteiger partial charge in [0.2, 0.25) is 0 Å². The maximum absolute atomic E-state index is 13.0. The van der Waals surface area contributed by atoms with Gasteiger partial charge in [0.25, 0.3) is 0 Å². The van der Waals surface area contributed by atoms with Gasteiger partial charge < -0.3 is 5.32 Å². The van der Waals surface area contributed by atoms with E-state index in [1.165, 1.54) is 12.3 Å². The van der Waals surface area contributed by atoms with Gasteiger partial charge in [-0.3, -0.25) is 9.88 Å². The molecule has 0 radical (unpaired) electrons. The van der Waals surface area contributed by atoms with Crippen LogP contribution in [-0.4, -0.2) is 33.4 Å². The lowest BCUT2D eigenvalue weighted by atomic mass is 10.1. The van der Waals surface area contributed by atoms with Crippen LogP contribution < -0.4 is 5.32 Å². The molecule has 0 unspecified atom stereocenters. The third-order valence-corrected chi connectivity index (χ3v) is 3.97. The fourth-order valence-electron chi connectivity index (χ4n) is 2.95. The maximum atomic E-state index is 13.0. The molecule has 116 valence electrons. The van der Waals surface area contributed by atoms with Gasteiger partial charge in [-0.2, -0.15) is 0 Å². The summed E-state index contributed by atoms with van der Waals surface area (Å²) in [6.45, 7) is 3.62. The zero-order valence-corrected chi connectivity index (χ0v) is 12.9. The quantitative estimate of drug-likeness (QED) is 0.941. The molecule has 0 spiro atoms. The minimum Gasteiger partial charge on any atom is -0.373 e. The number of anilines is 1. The van der Waals surface area contributed by atoms with Crippen LogP contribution in [0.25, 0.3) is 0 Å². The van der Waals surface area contributed by atoms with E-state index >= 15 is 0 Å².